The molecule has 0 radical (unpaired) electrons. The SMILES string of the molecule is COc1ccc(Cl)cc1NC(=O)C(C)C1CCCC1. The summed E-state index contributed by atoms with van der Waals surface area (Å²) < 4.78 is 5.23. The number of carbonyl (C=O) groups is 1. The van der Waals surface area contributed by atoms with E-state index in [-0.39, 0.29) is 11.8 Å². The Hall–Kier alpha value is -1.22. The predicted octanol–water partition coefficient (Wildman–Crippen LogP) is 4.11. The number of carbonyl (C=O) groups excluding carboxylic acids is 1. The first-order valence-electron chi connectivity index (χ1n) is 6.76. The highest BCUT2D eigenvalue weighted by atomic mass is 35.5. The molecular weight excluding hydrogens is 262 g/mol. The molecule has 1 N–H and O–H groups in total. The first kappa shape index (κ1) is 14.2. The molecule has 1 aliphatic rings. The predicted molar refractivity (Wildman–Crippen MR) is 77.8 cm³/mol. The Morgan fingerprint density at radius 3 is 2.74 bits per heavy atom. The van der Waals surface area contributed by atoms with E-state index in [2.05, 4.69) is 5.32 Å². The molecule has 4 heteroatoms. The number of amides is 1. The molecule has 1 aromatic rings. The molecule has 1 unspecified atom stereocenters. The van der Waals surface area contributed by atoms with Crippen LogP contribution in [0.25, 0.3) is 0 Å². The number of hydrogen-bond acceptors (Lipinski definition) is 2. The van der Waals surface area contributed by atoms with Crippen LogP contribution < -0.4 is 10.1 Å². The summed E-state index contributed by atoms with van der Waals surface area (Å²) in [5.74, 6) is 1.22. The first-order valence-corrected chi connectivity index (χ1v) is 7.14. The molecule has 0 saturated heterocycles. The summed E-state index contributed by atoms with van der Waals surface area (Å²) in [5, 5.41) is 3.52. The van der Waals surface area contributed by atoms with Crippen molar-refractivity contribution >= 4 is 23.2 Å². The van der Waals surface area contributed by atoms with Crippen LogP contribution in [0.1, 0.15) is 32.6 Å². The van der Waals surface area contributed by atoms with Crippen LogP contribution in [0, 0.1) is 11.8 Å². The minimum absolute atomic E-state index is 0.0335. The van der Waals surface area contributed by atoms with E-state index in [4.69, 9.17) is 16.3 Å². The molecule has 1 aliphatic carbocycles. The van der Waals surface area contributed by atoms with Crippen molar-refractivity contribution in [3.63, 3.8) is 0 Å². The molecule has 104 valence electrons. The van der Waals surface area contributed by atoms with Gasteiger partial charge in [0.1, 0.15) is 5.75 Å². The summed E-state index contributed by atoms with van der Waals surface area (Å²) >= 11 is 5.96. The summed E-state index contributed by atoms with van der Waals surface area (Å²) in [6.45, 7) is 2.00. The Morgan fingerprint density at radius 1 is 1.42 bits per heavy atom. The second kappa shape index (κ2) is 6.29. The van der Waals surface area contributed by atoms with E-state index in [9.17, 15) is 4.79 Å². The fourth-order valence-corrected chi connectivity index (χ4v) is 2.87. The van der Waals surface area contributed by atoms with Crippen molar-refractivity contribution in [1.29, 1.82) is 0 Å². The van der Waals surface area contributed by atoms with Gasteiger partial charge >= 0.3 is 0 Å². The molecule has 0 aromatic heterocycles. The number of hydrogen-bond donors (Lipinski definition) is 1. The molecule has 3 nitrogen and oxygen atoms in total. The van der Waals surface area contributed by atoms with Crippen molar-refractivity contribution in [3.05, 3.63) is 23.2 Å². The number of methoxy groups -OCH3 is 1. The van der Waals surface area contributed by atoms with Gasteiger partial charge in [0, 0.05) is 10.9 Å². The summed E-state index contributed by atoms with van der Waals surface area (Å²) in [5.41, 5.74) is 0.643. The van der Waals surface area contributed by atoms with Gasteiger partial charge in [-0.25, -0.2) is 0 Å². The van der Waals surface area contributed by atoms with Crippen molar-refractivity contribution in [3.8, 4) is 5.75 Å². The van der Waals surface area contributed by atoms with Gasteiger partial charge in [-0.15, -0.1) is 0 Å². The Labute approximate surface area is 119 Å². The number of anilines is 1. The third-order valence-electron chi connectivity index (χ3n) is 3.94. The van der Waals surface area contributed by atoms with E-state index in [0.29, 0.717) is 22.4 Å². The second-order valence-corrected chi connectivity index (χ2v) is 5.60. The van der Waals surface area contributed by atoms with E-state index in [1.54, 1.807) is 25.3 Å². The minimum atomic E-state index is 0.0335. The Morgan fingerprint density at radius 2 is 2.11 bits per heavy atom. The third kappa shape index (κ3) is 3.41. The number of halogens is 1. The molecule has 0 bridgehead atoms. The monoisotopic (exact) mass is 281 g/mol. The van der Waals surface area contributed by atoms with Gasteiger partial charge in [0.05, 0.1) is 12.8 Å². The lowest BCUT2D eigenvalue weighted by Crippen LogP contribution is -2.25. The van der Waals surface area contributed by atoms with Crippen LogP contribution in [0.5, 0.6) is 5.75 Å². The lowest BCUT2D eigenvalue weighted by Gasteiger charge is -2.19. The highest BCUT2D eigenvalue weighted by molar-refractivity contribution is 6.31. The van der Waals surface area contributed by atoms with Gasteiger partial charge in [-0.1, -0.05) is 31.4 Å². The fourth-order valence-electron chi connectivity index (χ4n) is 2.70. The second-order valence-electron chi connectivity index (χ2n) is 5.17. The number of ether oxygens (including phenoxy) is 1. The average molecular weight is 282 g/mol. The van der Waals surface area contributed by atoms with Crippen LogP contribution in [0.2, 0.25) is 5.02 Å². The van der Waals surface area contributed by atoms with Gasteiger partial charge in [-0.05, 0) is 37.0 Å². The summed E-state index contributed by atoms with van der Waals surface area (Å²) in [4.78, 5) is 12.3. The maximum atomic E-state index is 12.3. The smallest absolute Gasteiger partial charge is 0.227 e. The molecule has 1 atom stereocenters. The van der Waals surface area contributed by atoms with Crippen LogP contribution in [0.4, 0.5) is 5.69 Å². The molecule has 2 rings (SSSR count). The molecule has 0 spiro atoms. The molecule has 1 aromatic carbocycles. The van der Waals surface area contributed by atoms with E-state index in [0.717, 1.165) is 12.8 Å². The topological polar surface area (TPSA) is 38.3 Å². The van der Waals surface area contributed by atoms with Crippen molar-refractivity contribution in [1.82, 2.24) is 0 Å². The lowest BCUT2D eigenvalue weighted by molar-refractivity contribution is -0.120. The maximum absolute atomic E-state index is 12.3. The standard InChI is InChI=1S/C15H20ClNO2/c1-10(11-5-3-4-6-11)15(18)17-13-9-12(16)7-8-14(13)19-2/h7-11H,3-6H2,1-2H3,(H,17,18). The molecule has 0 aliphatic heterocycles. The quantitative estimate of drug-likeness (QED) is 0.902. The third-order valence-corrected chi connectivity index (χ3v) is 4.17. The Kier molecular flexibility index (Phi) is 4.70. The lowest BCUT2D eigenvalue weighted by atomic mass is 9.92. The van der Waals surface area contributed by atoms with Gasteiger partial charge in [-0.3, -0.25) is 4.79 Å². The van der Waals surface area contributed by atoms with Gasteiger partial charge in [-0.2, -0.15) is 0 Å². The highest BCUT2D eigenvalue weighted by Gasteiger charge is 2.27. The van der Waals surface area contributed by atoms with Crippen molar-refractivity contribution in [2.24, 2.45) is 11.8 Å². The Bertz CT molecular complexity index is 455. The molecule has 19 heavy (non-hydrogen) atoms. The zero-order chi connectivity index (χ0) is 13.8. The van der Waals surface area contributed by atoms with Crippen LogP contribution in [0.3, 0.4) is 0 Å². The molecule has 0 heterocycles. The van der Waals surface area contributed by atoms with E-state index >= 15 is 0 Å². The Balaban J connectivity index is 2.07. The van der Waals surface area contributed by atoms with Crippen LogP contribution in [-0.4, -0.2) is 13.0 Å². The number of rotatable bonds is 4. The molecular formula is C15H20ClNO2. The first-order chi connectivity index (χ1) is 9.11. The summed E-state index contributed by atoms with van der Waals surface area (Å²) in [7, 11) is 1.58. The minimum Gasteiger partial charge on any atom is -0.495 e. The summed E-state index contributed by atoms with van der Waals surface area (Å²) in [6, 6.07) is 5.23. The van der Waals surface area contributed by atoms with Gasteiger partial charge in [0.15, 0.2) is 0 Å². The molecule has 1 saturated carbocycles. The van der Waals surface area contributed by atoms with Gasteiger partial charge in [0.25, 0.3) is 0 Å². The van der Waals surface area contributed by atoms with E-state index < -0.39 is 0 Å². The zero-order valence-corrected chi connectivity index (χ0v) is 12.2. The zero-order valence-electron chi connectivity index (χ0n) is 11.4. The largest absolute Gasteiger partial charge is 0.495 e. The van der Waals surface area contributed by atoms with E-state index in [1.807, 2.05) is 6.92 Å². The maximum Gasteiger partial charge on any atom is 0.227 e. The van der Waals surface area contributed by atoms with Crippen molar-refractivity contribution in [2.75, 3.05) is 12.4 Å². The molecule has 1 fully saturated rings. The normalized spacial score (nSPS) is 17.2. The van der Waals surface area contributed by atoms with Crippen molar-refractivity contribution in [2.45, 2.75) is 32.6 Å². The highest BCUT2D eigenvalue weighted by Crippen LogP contribution is 2.33. The summed E-state index contributed by atoms with van der Waals surface area (Å²) in [6.07, 6.45) is 4.79. The van der Waals surface area contributed by atoms with Crippen LogP contribution in [-0.2, 0) is 4.79 Å². The van der Waals surface area contributed by atoms with Crippen molar-refractivity contribution < 1.29 is 9.53 Å². The van der Waals surface area contributed by atoms with Crippen LogP contribution in [0.15, 0.2) is 18.2 Å². The fraction of sp³-hybridized carbons (Fsp3) is 0.533. The van der Waals surface area contributed by atoms with E-state index in [1.165, 1.54) is 12.8 Å². The van der Waals surface area contributed by atoms with Gasteiger partial charge in [0.2, 0.25) is 5.91 Å². The average Bonchev–Trinajstić information content (AvgIpc) is 2.92. The molecule has 1 amide bonds. The van der Waals surface area contributed by atoms with Gasteiger partial charge < -0.3 is 10.1 Å². The number of nitrogens with one attached hydrogen (secondary N) is 1. The number of benzene rings is 1. The van der Waals surface area contributed by atoms with Crippen LogP contribution >= 0.6 is 11.6 Å².